The maximum atomic E-state index is 12.5. The van der Waals surface area contributed by atoms with Gasteiger partial charge in [0.2, 0.25) is 0 Å². The Kier molecular flexibility index (Phi) is 3.78. The monoisotopic (exact) mass is 291 g/mol. The molecule has 0 atom stereocenters. The fourth-order valence-electron chi connectivity index (χ4n) is 2.89. The van der Waals surface area contributed by atoms with Gasteiger partial charge in [-0.2, -0.15) is 0 Å². The number of nitrogens with zero attached hydrogens (tertiary/aromatic N) is 1. The second kappa shape index (κ2) is 5.41. The topological polar surface area (TPSA) is 29.5 Å². The van der Waals surface area contributed by atoms with Gasteiger partial charge in [0, 0.05) is 37.2 Å². The highest BCUT2D eigenvalue weighted by molar-refractivity contribution is 8.00. The number of thioether (sulfide) groups is 1. The van der Waals surface area contributed by atoms with Gasteiger partial charge in [-0.25, -0.2) is 0 Å². The average Bonchev–Trinajstić information content (AvgIpc) is 2.90. The number of rotatable bonds is 1. The van der Waals surface area contributed by atoms with Gasteiger partial charge in [-0.05, 0) is 37.1 Å². The Hall–Kier alpha value is -1.00. The second-order valence-corrected chi connectivity index (χ2v) is 7.14. The van der Waals surface area contributed by atoms with Crippen LogP contribution in [0.2, 0.25) is 0 Å². The number of aryl methyl sites for hydroxylation is 2. The van der Waals surface area contributed by atoms with Gasteiger partial charge >= 0.3 is 0 Å². The zero-order valence-electron chi connectivity index (χ0n) is 12.1. The summed E-state index contributed by atoms with van der Waals surface area (Å²) in [6, 6.07) is 5.97. The standard InChI is InChI=1S/C16H21NO2S/c1-12-3-4-14(11-13(12)2)15(18)17-7-5-16(6-8-17)19-9-10-20-16/h3-4,11H,5-10H2,1-2H3. The summed E-state index contributed by atoms with van der Waals surface area (Å²) in [5, 5.41) is 0. The summed E-state index contributed by atoms with van der Waals surface area (Å²) < 4.78 is 5.88. The van der Waals surface area contributed by atoms with Crippen molar-refractivity contribution in [3.63, 3.8) is 0 Å². The van der Waals surface area contributed by atoms with E-state index >= 15 is 0 Å². The zero-order valence-corrected chi connectivity index (χ0v) is 13.0. The summed E-state index contributed by atoms with van der Waals surface area (Å²) in [6.07, 6.45) is 1.91. The van der Waals surface area contributed by atoms with E-state index in [4.69, 9.17) is 4.74 Å². The summed E-state index contributed by atoms with van der Waals surface area (Å²) in [5.74, 6) is 1.25. The van der Waals surface area contributed by atoms with Gasteiger partial charge in [0.1, 0.15) is 4.93 Å². The van der Waals surface area contributed by atoms with Crippen LogP contribution >= 0.6 is 11.8 Å². The van der Waals surface area contributed by atoms with E-state index in [0.717, 1.165) is 43.9 Å². The van der Waals surface area contributed by atoms with Crippen LogP contribution in [0.5, 0.6) is 0 Å². The molecule has 1 spiro atoms. The molecule has 2 fully saturated rings. The molecule has 0 aliphatic carbocycles. The van der Waals surface area contributed by atoms with Crippen molar-refractivity contribution in [1.82, 2.24) is 4.90 Å². The molecule has 2 aliphatic rings. The van der Waals surface area contributed by atoms with Crippen molar-refractivity contribution < 1.29 is 9.53 Å². The molecule has 1 aromatic rings. The number of hydrogen-bond acceptors (Lipinski definition) is 3. The second-order valence-electron chi connectivity index (χ2n) is 5.70. The Morgan fingerprint density at radius 2 is 2.00 bits per heavy atom. The third-order valence-electron chi connectivity index (χ3n) is 4.38. The molecular weight excluding hydrogens is 270 g/mol. The molecule has 1 amide bonds. The van der Waals surface area contributed by atoms with Crippen LogP contribution in [-0.2, 0) is 4.74 Å². The summed E-state index contributed by atoms with van der Waals surface area (Å²) in [7, 11) is 0. The van der Waals surface area contributed by atoms with Crippen LogP contribution in [0.15, 0.2) is 18.2 Å². The Morgan fingerprint density at radius 1 is 1.25 bits per heavy atom. The number of carbonyl (C=O) groups is 1. The molecule has 20 heavy (non-hydrogen) atoms. The van der Waals surface area contributed by atoms with E-state index in [0.29, 0.717) is 0 Å². The fourth-order valence-corrected chi connectivity index (χ4v) is 4.07. The minimum absolute atomic E-state index is 0.0000271. The summed E-state index contributed by atoms with van der Waals surface area (Å²) in [6.45, 7) is 6.59. The Balaban J connectivity index is 1.68. The molecule has 2 saturated heterocycles. The van der Waals surface area contributed by atoms with Crippen LogP contribution in [0, 0.1) is 13.8 Å². The van der Waals surface area contributed by atoms with Crippen molar-refractivity contribution >= 4 is 17.7 Å². The molecule has 1 aromatic carbocycles. The Morgan fingerprint density at radius 3 is 2.60 bits per heavy atom. The molecule has 0 N–H and O–H groups in total. The van der Waals surface area contributed by atoms with Gasteiger partial charge in [-0.15, -0.1) is 11.8 Å². The van der Waals surface area contributed by atoms with Crippen LogP contribution in [0.25, 0.3) is 0 Å². The number of ether oxygens (including phenoxy) is 1. The van der Waals surface area contributed by atoms with Gasteiger partial charge in [0.05, 0.1) is 6.61 Å². The maximum Gasteiger partial charge on any atom is 0.253 e. The lowest BCUT2D eigenvalue weighted by Crippen LogP contribution is -2.45. The molecular formula is C16H21NO2S. The summed E-state index contributed by atoms with van der Waals surface area (Å²) >= 11 is 1.92. The number of likely N-dealkylation sites (tertiary alicyclic amines) is 1. The van der Waals surface area contributed by atoms with Crippen molar-refractivity contribution in [2.75, 3.05) is 25.4 Å². The van der Waals surface area contributed by atoms with Crippen LogP contribution in [0.1, 0.15) is 34.3 Å². The molecule has 108 valence electrons. The van der Waals surface area contributed by atoms with E-state index in [-0.39, 0.29) is 10.8 Å². The van der Waals surface area contributed by atoms with Gasteiger partial charge in [-0.1, -0.05) is 6.07 Å². The number of amides is 1. The molecule has 4 heteroatoms. The van der Waals surface area contributed by atoms with Crippen molar-refractivity contribution in [3.05, 3.63) is 34.9 Å². The predicted octanol–water partition coefficient (Wildman–Crippen LogP) is 3.00. The maximum absolute atomic E-state index is 12.5. The quantitative estimate of drug-likeness (QED) is 0.796. The highest BCUT2D eigenvalue weighted by Gasteiger charge is 2.40. The number of hydrogen-bond donors (Lipinski definition) is 0. The lowest BCUT2D eigenvalue weighted by molar-refractivity contribution is 0.00352. The van der Waals surface area contributed by atoms with E-state index in [1.807, 2.05) is 34.9 Å². The van der Waals surface area contributed by atoms with Gasteiger partial charge in [0.15, 0.2) is 0 Å². The van der Waals surface area contributed by atoms with Crippen LogP contribution in [-0.4, -0.2) is 41.2 Å². The molecule has 0 unspecified atom stereocenters. The smallest absolute Gasteiger partial charge is 0.253 e. The normalized spacial score (nSPS) is 21.4. The molecule has 0 bridgehead atoms. The van der Waals surface area contributed by atoms with Crippen molar-refractivity contribution in [3.8, 4) is 0 Å². The number of benzene rings is 1. The minimum atomic E-state index is -0.0000271. The summed E-state index contributed by atoms with van der Waals surface area (Å²) in [4.78, 5) is 14.5. The molecule has 0 saturated carbocycles. The predicted molar refractivity (Wildman–Crippen MR) is 82.2 cm³/mol. The van der Waals surface area contributed by atoms with Crippen LogP contribution in [0.4, 0.5) is 0 Å². The van der Waals surface area contributed by atoms with E-state index in [9.17, 15) is 4.79 Å². The van der Waals surface area contributed by atoms with Crippen molar-refractivity contribution in [1.29, 1.82) is 0 Å². The number of carbonyl (C=O) groups excluding carboxylic acids is 1. The molecule has 2 heterocycles. The highest BCUT2D eigenvalue weighted by Crippen LogP contribution is 2.41. The van der Waals surface area contributed by atoms with Crippen molar-refractivity contribution in [2.45, 2.75) is 31.6 Å². The third-order valence-corrected chi connectivity index (χ3v) is 5.80. The number of piperidine rings is 1. The average molecular weight is 291 g/mol. The SMILES string of the molecule is Cc1ccc(C(=O)N2CCC3(CC2)OCCS3)cc1C. The molecule has 3 nitrogen and oxygen atoms in total. The Bertz CT molecular complexity index is 513. The van der Waals surface area contributed by atoms with Gasteiger partial charge < -0.3 is 9.64 Å². The van der Waals surface area contributed by atoms with Gasteiger partial charge in [-0.3, -0.25) is 4.79 Å². The lowest BCUT2D eigenvalue weighted by Gasteiger charge is -2.37. The molecule has 3 rings (SSSR count). The first-order valence-corrected chi connectivity index (χ1v) is 8.23. The Labute approximate surface area is 124 Å². The first-order chi connectivity index (χ1) is 9.60. The minimum Gasteiger partial charge on any atom is -0.363 e. The van der Waals surface area contributed by atoms with E-state index in [1.54, 1.807) is 0 Å². The van der Waals surface area contributed by atoms with Crippen LogP contribution in [0.3, 0.4) is 0 Å². The molecule has 0 aromatic heterocycles. The first kappa shape index (κ1) is 14.0. The van der Waals surface area contributed by atoms with E-state index in [2.05, 4.69) is 13.8 Å². The lowest BCUT2D eigenvalue weighted by atomic mass is 10.0. The first-order valence-electron chi connectivity index (χ1n) is 7.24. The fraction of sp³-hybridized carbons (Fsp3) is 0.562. The largest absolute Gasteiger partial charge is 0.363 e. The molecule has 0 radical (unpaired) electrons. The highest BCUT2D eigenvalue weighted by atomic mass is 32.2. The zero-order chi connectivity index (χ0) is 14.2. The molecule has 2 aliphatic heterocycles. The van der Waals surface area contributed by atoms with E-state index in [1.165, 1.54) is 11.1 Å². The van der Waals surface area contributed by atoms with Crippen LogP contribution < -0.4 is 0 Å². The van der Waals surface area contributed by atoms with Gasteiger partial charge in [0.25, 0.3) is 5.91 Å². The van der Waals surface area contributed by atoms with Crippen molar-refractivity contribution in [2.24, 2.45) is 0 Å². The van der Waals surface area contributed by atoms with E-state index < -0.39 is 0 Å². The third kappa shape index (κ3) is 2.59. The summed E-state index contributed by atoms with van der Waals surface area (Å²) in [5.41, 5.74) is 3.22.